The van der Waals surface area contributed by atoms with Crippen LogP contribution in [0.4, 0.5) is 4.39 Å². The molecule has 1 fully saturated rings. The largest absolute Gasteiger partial charge is 0.329 e. The fourth-order valence-electron chi connectivity index (χ4n) is 3.76. The van der Waals surface area contributed by atoms with E-state index in [2.05, 4.69) is 10.3 Å². The van der Waals surface area contributed by atoms with E-state index in [1.807, 2.05) is 18.2 Å². The maximum atomic E-state index is 13.2. The van der Waals surface area contributed by atoms with Crippen molar-refractivity contribution in [2.45, 2.75) is 12.3 Å². The van der Waals surface area contributed by atoms with Gasteiger partial charge in [0, 0.05) is 42.9 Å². The van der Waals surface area contributed by atoms with Crippen LogP contribution in [0.25, 0.3) is 10.8 Å². The van der Waals surface area contributed by atoms with Crippen LogP contribution < -0.4 is 10.9 Å². The number of hydrogen-bond acceptors (Lipinski definition) is 3. The molecule has 1 saturated heterocycles. The number of H-pyrrole nitrogens is 1. The Balaban J connectivity index is 1.55. The van der Waals surface area contributed by atoms with Crippen molar-refractivity contribution < 1.29 is 9.18 Å². The number of fused-ring (bicyclic) bond motifs is 1. The Labute approximate surface area is 150 Å². The van der Waals surface area contributed by atoms with E-state index in [-0.39, 0.29) is 29.0 Å². The number of pyridine rings is 1. The van der Waals surface area contributed by atoms with Crippen LogP contribution in [0.15, 0.2) is 59.5 Å². The van der Waals surface area contributed by atoms with Gasteiger partial charge in [0.2, 0.25) is 0 Å². The monoisotopic (exact) mass is 350 g/mol. The topological polar surface area (TPSA) is 62.0 Å². The van der Waals surface area contributed by atoms with E-state index in [0.717, 1.165) is 23.1 Å². The normalized spacial score (nSPS) is 19.7. The van der Waals surface area contributed by atoms with E-state index in [4.69, 9.17) is 0 Å². The molecule has 2 atom stereocenters. The van der Waals surface area contributed by atoms with Crippen molar-refractivity contribution in [2.75, 3.05) is 13.1 Å². The molecule has 132 valence electrons. The molecule has 1 aliphatic rings. The number of aromatic nitrogens is 1. The van der Waals surface area contributed by atoms with Crippen LogP contribution in [-0.4, -0.2) is 23.9 Å². The van der Waals surface area contributed by atoms with E-state index in [9.17, 15) is 14.0 Å². The molecular weight excluding hydrogens is 331 g/mol. The van der Waals surface area contributed by atoms with Gasteiger partial charge in [0.25, 0.3) is 5.56 Å². The average molecular weight is 350 g/mol. The molecule has 0 spiro atoms. The summed E-state index contributed by atoms with van der Waals surface area (Å²) in [6.07, 6.45) is 1.94. The Morgan fingerprint density at radius 3 is 2.69 bits per heavy atom. The quantitative estimate of drug-likeness (QED) is 0.761. The number of ketones is 1. The van der Waals surface area contributed by atoms with Gasteiger partial charge in [-0.1, -0.05) is 24.3 Å². The fourth-order valence-corrected chi connectivity index (χ4v) is 3.76. The molecule has 0 amide bonds. The lowest BCUT2D eigenvalue weighted by atomic mass is 9.84. The lowest BCUT2D eigenvalue weighted by Gasteiger charge is -2.18. The predicted molar refractivity (Wildman–Crippen MR) is 98.8 cm³/mol. The Morgan fingerprint density at radius 2 is 1.88 bits per heavy atom. The van der Waals surface area contributed by atoms with Gasteiger partial charge in [-0.15, -0.1) is 0 Å². The SMILES string of the molecule is O=C(Cc1ccc2c(=O)[nH]ccc2c1)C1CNCC1c1ccc(F)cc1. The number of Topliss-reactive ketones (excluding diaryl/α,β-unsaturated/α-hetero) is 1. The minimum Gasteiger partial charge on any atom is -0.329 e. The van der Waals surface area contributed by atoms with Crippen LogP contribution in [-0.2, 0) is 11.2 Å². The third-order valence-electron chi connectivity index (χ3n) is 5.14. The van der Waals surface area contributed by atoms with Crippen molar-refractivity contribution in [2.24, 2.45) is 5.92 Å². The number of aromatic amines is 1. The van der Waals surface area contributed by atoms with Gasteiger partial charge in [-0.05, 0) is 40.8 Å². The summed E-state index contributed by atoms with van der Waals surface area (Å²) in [5, 5.41) is 4.73. The number of nitrogens with one attached hydrogen (secondary N) is 2. The Hall–Kier alpha value is -2.79. The van der Waals surface area contributed by atoms with Gasteiger partial charge >= 0.3 is 0 Å². The molecule has 0 saturated carbocycles. The Bertz CT molecular complexity index is 1010. The van der Waals surface area contributed by atoms with Gasteiger partial charge in [0.15, 0.2) is 0 Å². The third kappa shape index (κ3) is 3.18. The minimum atomic E-state index is -0.270. The van der Waals surface area contributed by atoms with Crippen molar-refractivity contribution in [3.63, 3.8) is 0 Å². The number of carbonyl (C=O) groups is 1. The highest BCUT2D eigenvalue weighted by atomic mass is 19.1. The van der Waals surface area contributed by atoms with Crippen LogP contribution in [0.3, 0.4) is 0 Å². The molecule has 2 aromatic carbocycles. The van der Waals surface area contributed by atoms with Crippen LogP contribution in [0, 0.1) is 11.7 Å². The molecule has 4 rings (SSSR count). The molecule has 1 aromatic heterocycles. The van der Waals surface area contributed by atoms with Crippen molar-refractivity contribution >= 4 is 16.6 Å². The maximum absolute atomic E-state index is 13.2. The van der Waals surface area contributed by atoms with Gasteiger partial charge in [-0.3, -0.25) is 9.59 Å². The second-order valence-corrected chi connectivity index (χ2v) is 6.79. The summed E-state index contributed by atoms with van der Waals surface area (Å²) in [5.74, 6) is -0.177. The van der Waals surface area contributed by atoms with Crippen molar-refractivity contribution in [3.05, 3.63) is 82.0 Å². The molecular formula is C21H19FN2O2. The highest BCUT2D eigenvalue weighted by molar-refractivity contribution is 5.87. The summed E-state index contributed by atoms with van der Waals surface area (Å²) < 4.78 is 13.2. The van der Waals surface area contributed by atoms with Crippen molar-refractivity contribution in [3.8, 4) is 0 Å². The number of halogens is 1. The lowest BCUT2D eigenvalue weighted by Crippen LogP contribution is -2.23. The van der Waals surface area contributed by atoms with E-state index in [1.165, 1.54) is 12.1 Å². The molecule has 0 aliphatic carbocycles. The Kier molecular flexibility index (Phi) is 4.39. The van der Waals surface area contributed by atoms with E-state index >= 15 is 0 Å². The smallest absolute Gasteiger partial charge is 0.255 e. The molecule has 3 aromatic rings. The van der Waals surface area contributed by atoms with Crippen LogP contribution in [0.5, 0.6) is 0 Å². The first-order chi connectivity index (χ1) is 12.6. The van der Waals surface area contributed by atoms with Gasteiger partial charge in [0.1, 0.15) is 11.6 Å². The van der Waals surface area contributed by atoms with Crippen LogP contribution in [0.2, 0.25) is 0 Å². The molecule has 5 heteroatoms. The first-order valence-electron chi connectivity index (χ1n) is 8.71. The van der Waals surface area contributed by atoms with Crippen LogP contribution >= 0.6 is 0 Å². The predicted octanol–water partition coefficient (Wildman–Crippen LogP) is 2.78. The zero-order chi connectivity index (χ0) is 18.1. The number of hydrogen-bond donors (Lipinski definition) is 2. The molecule has 2 heterocycles. The van der Waals surface area contributed by atoms with Crippen molar-refractivity contribution in [1.29, 1.82) is 0 Å². The second kappa shape index (κ2) is 6.84. The summed E-state index contributed by atoms with van der Waals surface area (Å²) in [5.41, 5.74) is 1.76. The molecule has 0 radical (unpaired) electrons. The van der Waals surface area contributed by atoms with E-state index in [0.29, 0.717) is 18.4 Å². The summed E-state index contributed by atoms with van der Waals surface area (Å²) in [7, 11) is 0. The molecule has 4 nitrogen and oxygen atoms in total. The molecule has 0 bridgehead atoms. The second-order valence-electron chi connectivity index (χ2n) is 6.79. The van der Waals surface area contributed by atoms with Crippen LogP contribution in [0.1, 0.15) is 17.0 Å². The molecule has 1 aliphatic heterocycles. The summed E-state index contributed by atoms with van der Waals surface area (Å²) >= 11 is 0. The summed E-state index contributed by atoms with van der Waals surface area (Å²) in [6.45, 7) is 1.35. The minimum absolute atomic E-state index is 0.0615. The van der Waals surface area contributed by atoms with Gasteiger partial charge in [0.05, 0.1) is 0 Å². The van der Waals surface area contributed by atoms with E-state index < -0.39 is 0 Å². The zero-order valence-electron chi connectivity index (χ0n) is 14.2. The van der Waals surface area contributed by atoms with Gasteiger partial charge < -0.3 is 10.3 Å². The summed E-state index contributed by atoms with van der Waals surface area (Å²) in [6, 6.07) is 13.7. The molecule has 2 unspecified atom stereocenters. The standard InChI is InChI=1S/C21H19FN2O2/c22-16-4-2-14(3-5-16)18-11-23-12-19(18)20(25)10-13-1-6-17-15(9-13)7-8-24-21(17)26/h1-9,18-19,23H,10-12H2,(H,24,26). The van der Waals surface area contributed by atoms with Gasteiger partial charge in [-0.2, -0.15) is 0 Å². The Morgan fingerprint density at radius 1 is 1.08 bits per heavy atom. The highest BCUT2D eigenvalue weighted by Gasteiger charge is 2.33. The number of benzene rings is 2. The zero-order valence-corrected chi connectivity index (χ0v) is 14.2. The maximum Gasteiger partial charge on any atom is 0.255 e. The molecule has 2 N–H and O–H groups in total. The third-order valence-corrected chi connectivity index (χ3v) is 5.14. The van der Waals surface area contributed by atoms with Gasteiger partial charge in [-0.25, -0.2) is 4.39 Å². The summed E-state index contributed by atoms with van der Waals surface area (Å²) in [4.78, 5) is 27.3. The van der Waals surface area contributed by atoms with Crippen molar-refractivity contribution in [1.82, 2.24) is 10.3 Å². The fraction of sp³-hybridized carbons (Fsp3) is 0.238. The first-order valence-corrected chi connectivity index (χ1v) is 8.71. The first kappa shape index (κ1) is 16.7. The highest BCUT2D eigenvalue weighted by Crippen LogP contribution is 2.30. The average Bonchev–Trinajstić information content (AvgIpc) is 3.12. The van der Waals surface area contributed by atoms with E-state index in [1.54, 1.807) is 24.4 Å². The number of rotatable bonds is 4. The lowest BCUT2D eigenvalue weighted by molar-refractivity contribution is -0.122. The molecule has 26 heavy (non-hydrogen) atoms. The number of carbonyl (C=O) groups excluding carboxylic acids is 1.